The van der Waals surface area contributed by atoms with Gasteiger partial charge in [0.1, 0.15) is 5.75 Å². The van der Waals surface area contributed by atoms with Gasteiger partial charge in [0.2, 0.25) is 5.91 Å². The maximum Gasteiger partial charge on any atom is 0.241 e. The van der Waals surface area contributed by atoms with Crippen LogP contribution < -0.4 is 15.4 Å². The summed E-state index contributed by atoms with van der Waals surface area (Å²) in [4.78, 5) is 18.1. The van der Waals surface area contributed by atoms with Gasteiger partial charge in [0.25, 0.3) is 0 Å². The molecule has 2 N–H and O–H groups in total. The molecule has 0 bridgehead atoms. The lowest BCUT2D eigenvalue weighted by atomic mass is 10.1. The Morgan fingerprint density at radius 2 is 1.79 bits per heavy atom. The summed E-state index contributed by atoms with van der Waals surface area (Å²) in [5.74, 6) is 1.41. The minimum Gasteiger partial charge on any atom is -0.497 e. The molecule has 0 fully saturated rings. The normalized spacial score (nSPS) is 11.1. The van der Waals surface area contributed by atoms with Crippen molar-refractivity contribution in [3.05, 3.63) is 64.7 Å². The molecule has 2 aromatic carbocycles. The predicted octanol–water partition coefficient (Wildman–Crippen LogP) is 2.64. The Hall–Kier alpha value is -3.02. The molecule has 0 aliphatic carbocycles. The number of hydrogen-bond donors (Lipinski definition) is 2. The molecule has 6 nitrogen and oxygen atoms in total. The van der Waals surface area contributed by atoms with E-state index in [1.54, 1.807) is 26.1 Å². The van der Waals surface area contributed by atoms with Crippen LogP contribution in [-0.2, 0) is 17.9 Å². The van der Waals surface area contributed by atoms with E-state index in [0.29, 0.717) is 19.0 Å². The highest BCUT2D eigenvalue weighted by Crippen LogP contribution is 2.12. The van der Waals surface area contributed by atoms with Gasteiger partial charge >= 0.3 is 0 Å². The number of methoxy groups -OCH3 is 1. The Bertz CT molecular complexity index is 814. The zero-order valence-electron chi connectivity index (χ0n) is 17.4. The molecule has 28 heavy (non-hydrogen) atoms. The van der Waals surface area contributed by atoms with Gasteiger partial charge in [-0.2, -0.15) is 0 Å². The first-order valence-electron chi connectivity index (χ1n) is 9.30. The number of guanidine groups is 1. The van der Waals surface area contributed by atoms with Gasteiger partial charge < -0.3 is 20.3 Å². The van der Waals surface area contributed by atoms with E-state index in [1.165, 1.54) is 16.7 Å². The molecule has 0 aliphatic rings. The molecule has 0 aromatic heterocycles. The van der Waals surface area contributed by atoms with Crippen molar-refractivity contribution in [3.8, 4) is 5.75 Å². The molecule has 0 saturated carbocycles. The fourth-order valence-corrected chi connectivity index (χ4v) is 2.62. The second-order valence-electron chi connectivity index (χ2n) is 6.94. The van der Waals surface area contributed by atoms with E-state index in [2.05, 4.69) is 47.7 Å². The molecule has 0 heterocycles. The molecular weight excluding hydrogens is 352 g/mol. The fourth-order valence-electron chi connectivity index (χ4n) is 2.62. The summed E-state index contributed by atoms with van der Waals surface area (Å²) in [5, 5.41) is 6.44. The van der Waals surface area contributed by atoms with E-state index in [9.17, 15) is 4.79 Å². The fraction of sp³-hybridized carbons (Fsp3) is 0.364. The Labute approximate surface area is 167 Å². The minimum absolute atomic E-state index is 0.00883. The smallest absolute Gasteiger partial charge is 0.241 e. The second-order valence-corrected chi connectivity index (χ2v) is 6.94. The van der Waals surface area contributed by atoms with Crippen LogP contribution >= 0.6 is 0 Å². The molecule has 0 spiro atoms. The molecule has 0 atom stereocenters. The molecule has 1 amide bonds. The van der Waals surface area contributed by atoms with Gasteiger partial charge in [-0.3, -0.25) is 4.79 Å². The first-order chi connectivity index (χ1) is 13.4. The zero-order chi connectivity index (χ0) is 20.5. The van der Waals surface area contributed by atoms with E-state index < -0.39 is 0 Å². The third kappa shape index (κ3) is 6.61. The number of nitrogens with one attached hydrogen (secondary N) is 2. The van der Waals surface area contributed by atoms with Crippen molar-refractivity contribution in [2.45, 2.75) is 26.9 Å². The van der Waals surface area contributed by atoms with Crippen LogP contribution in [0.4, 0.5) is 0 Å². The lowest BCUT2D eigenvalue weighted by Gasteiger charge is -2.16. The van der Waals surface area contributed by atoms with Gasteiger partial charge in [0.15, 0.2) is 5.96 Å². The summed E-state index contributed by atoms with van der Waals surface area (Å²) in [6, 6.07) is 14.2. The second kappa shape index (κ2) is 10.3. The molecular formula is C22H30N4O2. The SMILES string of the molecule is COc1ccc(CN=C(NCC(=O)N(C)C)NCc2ccc(C)cc2C)cc1. The number of nitrogens with zero attached hydrogens (tertiary/aromatic N) is 2. The topological polar surface area (TPSA) is 66.0 Å². The van der Waals surface area contributed by atoms with Gasteiger partial charge in [-0.25, -0.2) is 4.99 Å². The average Bonchev–Trinajstić information content (AvgIpc) is 2.68. The largest absolute Gasteiger partial charge is 0.497 e. The number of rotatable bonds is 7. The number of carbonyl (C=O) groups is 1. The molecule has 0 unspecified atom stereocenters. The lowest BCUT2D eigenvalue weighted by Crippen LogP contribution is -2.42. The highest BCUT2D eigenvalue weighted by Gasteiger charge is 2.07. The number of likely N-dealkylation sites (N-methyl/N-ethyl adjacent to an activating group) is 1. The third-order valence-corrected chi connectivity index (χ3v) is 4.43. The number of ether oxygens (including phenoxy) is 1. The van der Waals surface area contributed by atoms with Crippen LogP contribution in [0.2, 0.25) is 0 Å². The number of carbonyl (C=O) groups excluding carboxylic acids is 1. The van der Waals surface area contributed by atoms with E-state index in [4.69, 9.17) is 4.74 Å². The Morgan fingerprint density at radius 3 is 2.39 bits per heavy atom. The minimum atomic E-state index is -0.00883. The van der Waals surface area contributed by atoms with Gasteiger partial charge in [-0.05, 0) is 42.7 Å². The number of amides is 1. The van der Waals surface area contributed by atoms with Gasteiger partial charge in [0.05, 0.1) is 20.2 Å². The summed E-state index contributed by atoms with van der Waals surface area (Å²) in [5.41, 5.74) is 4.73. The van der Waals surface area contributed by atoms with Crippen molar-refractivity contribution in [1.29, 1.82) is 0 Å². The summed E-state index contributed by atoms with van der Waals surface area (Å²) in [6.45, 7) is 5.51. The molecule has 2 aromatic rings. The standard InChI is InChI=1S/C22H30N4O2/c1-16-6-9-19(17(2)12-16)14-24-22(25-15-21(27)26(3)4)23-13-18-7-10-20(28-5)11-8-18/h6-12H,13-15H2,1-5H3,(H2,23,24,25). The highest BCUT2D eigenvalue weighted by atomic mass is 16.5. The summed E-state index contributed by atoms with van der Waals surface area (Å²) in [6.07, 6.45) is 0. The van der Waals surface area contributed by atoms with E-state index in [1.807, 2.05) is 24.3 Å². The van der Waals surface area contributed by atoms with Crippen molar-refractivity contribution in [1.82, 2.24) is 15.5 Å². The highest BCUT2D eigenvalue weighted by molar-refractivity contribution is 5.86. The molecule has 2 rings (SSSR count). The van der Waals surface area contributed by atoms with Gasteiger partial charge in [0, 0.05) is 20.6 Å². The number of benzene rings is 2. The summed E-state index contributed by atoms with van der Waals surface area (Å²) >= 11 is 0. The predicted molar refractivity (Wildman–Crippen MR) is 114 cm³/mol. The van der Waals surface area contributed by atoms with Crippen LogP contribution in [0.25, 0.3) is 0 Å². The molecule has 150 valence electrons. The van der Waals surface area contributed by atoms with Crippen LogP contribution in [0.5, 0.6) is 5.75 Å². The van der Waals surface area contributed by atoms with Crippen molar-refractivity contribution < 1.29 is 9.53 Å². The maximum absolute atomic E-state index is 11.9. The van der Waals surface area contributed by atoms with Crippen LogP contribution in [0.3, 0.4) is 0 Å². The maximum atomic E-state index is 11.9. The van der Waals surface area contributed by atoms with Crippen LogP contribution in [0.1, 0.15) is 22.3 Å². The first kappa shape index (κ1) is 21.3. The Kier molecular flexibility index (Phi) is 7.87. The van der Waals surface area contributed by atoms with Crippen LogP contribution in [-0.4, -0.2) is 44.5 Å². The monoisotopic (exact) mass is 382 g/mol. The average molecular weight is 383 g/mol. The van der Waals surface area contributed by atoms with Gasteiger partial charge in [-0.1, -0.05) is 35.9 Å². The molecule has 6 heteroatoms. The number of aliphatic imine (C=N–C) groups is 1. The van der Waals surface area contributed by atoms with E-state index in [-0.39, 0.29) is 12.5 Å². The zero-order valence-corrected chi connectivity index (χ0v) is 17.4. The Balaban J connectivity index is 2.06. The van der Waals surface area contributed by atoms with Crippen molar-refractivity contribution in [2.24, 2.45) is 4.99 Å². The molecule has 0 radical (unpaired) electrons. The van der Waals surface area contributed by atoms with Gasteiger partial charge in [-0.15, -0.1) is 0 Å². The van der Waals surface area contributed by atoms with Crippen molar-refractivity contribution >= 4 is 11.9 Å². The first-order valence-corrected chi connectivity index (χ1v) is 9.30. The number of aryl methyl sites for hydroxylation is 2. The third-order valence-electron chi connectivity index (χ3n) is 4.43. The quantitative estimate of drug-likeness (QED) is 0.571. The lowest BCUT2D eigenvalue weighted by molar-refractivity contribution is -0.127. The van der Waals surface area contributed by atoms with Crippen LogP contribution in [0.15, 0.2) is 47.5 Å². The molecule has 0 aliphatic heterocycles. The van der Waals surface area contributed by atoms with Crippen molar-refractivity contribution in [3.63, 3.8) is 0 Å². The summed E-state index contributed by atoms with van der Waals surface area (Å²) < 4.78 is 5.19. The summed E-state index contributed by atoms with van der Waals surface area (Å²) in [7, 11) is 5.12. The van der Waals surface area contributed by atoms with E-state index >= 15 is 0 Å². The van der Waals surface area contributed by atoms with Crippen molar-refractivity contribution in [2.75, 3.05) is 27.7 Å². The Morgan fingerprint density at radius 1 is 1.07 bits per heavy atom. The van der Waals surface area contributed by atoms with E-state index in [0.717, 1.165) is 11.3 Å². The van der Waals surface area contributed by atoms with Crippen LogP contribution in [0, 0.1) is 13.8 Å². The molecule has 0 saturated heterocycles. The number of hydrogen-bond acceptors (Lipinski definition) is 3.